The molecule has 1 atom stereocenters. The van der Waals surface area contributed by atoms with Crippen LogP contribution in [0.25, 0.3) is 0 Å². The van der Waals surface area contributed by atoms with Crippen molar-refractivity contribution in [3.05, 3.63) is 11.1 Å². The van der Waals surface area contributed by atoms with Gasteiger partial charge in [-0.2, -0.15) is 0 Å². The molecule has 3 N–H and O–H groups in total. The van der Waals surface area contributed by atoms with E-state index in [1.54, 1.807) is 6.92 Å². The first kappa shape index (κ1) is 25.7. The summed E-state index contributed by atoms with van der Waals surface area (Å²) in [6.07, 6.45) is 1.04. The SMILES string of the molecule is CCC(C(=O)O)=C(CCC[SiH](O[Si](C)(C)C)O[Si](C)(C)C)CC(O)CO. The topological polar surface area (TPSA) is 96.2 Å². The molecular weight excluding hydrogens is 384 g/mol. The Morgan fingerprint density at radius 1 is 1.08 bits per heavy atom. The molecule has 0 rings (SSSR count). The van der Waals surface area contributed by atoms with E-state index in [9.17, 15) is 15.0 Å². The number of aliphatic hydroxyl groups is 2. The molecule has 0 aliphatic carbocycles. The molecule has 0 aromatic rings. The van der Waals surface area contributed by atoms with Crippen molar-refractivity contribution in [3.8, 4) is 0 Å². The lowest BCUT2D eigenvalue weighted by molar-refractivity contribution is -0.132. The Morgan fingerprint density at radius 2 is 1.58 bits per heavy atom. The Labute approximate surface area is 162 Å². The van der Waals surface area contributed by atoms with Gasteiger partial charge in [0.15, 0.2) is 16.6 Å². The number of hydrogen-bond acceptors (Lipinski definition) is 5. The summed E-state index contributed by atoms with van der Waals surface area (Å²) in [5.41, 5.74) is 1.06. The van der Waals surface area contributed by atoms with E-state index in [0.29, 0.717) is 18.4 Å². The average molecular weight is 423 g/mol. The smallest absolute Gasteiger partial charge is 0.331 e. The van der Waals surface area contributed by atoms with E-state index in [4.69, 9.17) is 13.3 Å². The Hall–Kier alpha value is -0.299. The molecule has 0 bridgehead atoms. The van der Waals surface area contributed by atoms with Crippen molar-refractivity contribution >= 4 is 31.9 Å². The molecule has 0 radical (unpaired) electrons. The van der Waals surface area contributed by atoms with Gasteiger partial charge in [0.2, 0.25) is 0 Å². The standard InChI is InChI=1S/C17H38O6Si3/c1-8-16(17(20)21)14(12-15(19)13-18)10-9-11-24(22-25(2,3)4)23-26(5,6)7/h15,18-19,24H,8-13H2,1-7H3,(H,20,21). The zero-order valence-corrected chi connectivity index (χ0v) is 20.6. The molecule has 0 saturated carbocycles. The van der Waals surface area contributed by atoms with Crippen LogP contribution in [0.2, 0.25) is 45.3 Å². The van der Waals surface area contributed by atoms with Crippen LogP contribution in [0.4, 0.5) is 0 Å². The highest BCUT2D eigenvalue weighted by Crippen LogP contribution is 2.23. The van der Waals surface area contributed by atoms with Gasteiger partial charge < -0.3 is 23.5 Å². The van der Waals surface area contributed by atoms with E-state index in [2.05, 4.69) is 39.3 Å². The van der Waals surface area contributed by atoms with E-state index >= 15 is 0 Å². The van der Waals surface area contributed by atoms with Crippen molar-refractivity contribution in [2.75, 3.05) is 6.61 Å². The summed E-state index contributed by atoms with van der Waals surface area (Å²) in [4.78, 5) is 11.5. The van der Waals surface area contributed by atoms with Crippen LogP contribution in [-0.2, 0) is 13.0 Å². The van der Waals surface area contributed by atoms with Gasteiger partial charge in [-0.1, -0.05) is 12.5 Å². The van der Waals surface area contributed by atoms with Crippen molar-refractivity contribution in [3.63, 3.8) is 0 Å². The molecule has 0 saturated heterocycles. The summed E-state index contributed by atoms with van der Waals surface area (Å²) < 4.78 is 12.6. The Bertz CT molecular complexity index is 452. The summed E-state index contributed by atoms with van der Waals surface area (Å²) in [6.45, 7) is 14.4. The van der Waals surface area contributed by atoms with E-state index < -0.39 is 38.0 Å². The van der Waals surface area contributed by atoms with Crippen molar-refractivity contribution in [1.82, 2.24) is 0 Å². The Balaban J connectivity index is 5.09. The maximum Gasteiger partial charge on any atom is 0.331 e. The van der Waals surface area contributed by atoms with Crippen LogP contribution in [-0.4, -0.2) is 59.9 Å². The van der Waals surface area contributed by atoms with Crippen LogP contribution < -0.4 is 0 Å². The Kier molecular flexibility index (Phi) is 11.4. The number of rotatable bonds is 13. The van der Waals surface area contributed by atoms with Gasteiger partial charge in [-0.15, -0.1) is 0 Å². The molecule has 0 aromatic heterocycles. The molecule has 0 spiro atoms. The van der Waals surface area contributed by atoms with Crippen LogP contribution in [0, 0.1) is 0 Å². The monoisotopic (exact) mass is 422 g/mol. The summed E-state index contributed by atoms with van der Waals surface area (Å²) in [6, 6.07) is 0.823. The van der Waals surface area contributed by atoms with Crippen LogP contribution in [0.5, 0.6) is 0 Å². The Morgan fingerprint density at radius 3 is 1.92 bits per heavy atom. The molecule has 0 amide bonds. The molecule has 1 unspecified atom stereocenters. The number of carboxylic acids is 1. The molecule has 0 aliphatic heterocycles. The highest BCUT2D eigenvalue weighted by molar-refractivity contribution is 6.81. The third-order valence-electron chi connectivity index (χ3n) is 3.62. The third-order valence-corrected chi connectivity index (χ3v) is 12.3. The van der Waals surface area contributed by atoms with E-state index in [1.165, 1.54) is 0 Å². The summed E-state index contributed by atoms with van der Waals surface area (Å²) in [5, 5.41) is 28.3. The first-order valence-electron chi connectivity index (χ1n) is 9.37. The van der Waals surface area contributed by atoms with Crippen molar-refractivity contribution in [2.24, 2.45) is 0 Å². The molecule has 9 heteroatoms. The fourth-order valence-electron chi connectivity index (χ4n) is 2.69. The second-order valence-corrected chi connectivity index (χ2v) is 20.3. The quantitative estimate of drug-likeness (QED) is 0.311. The lowest BCUT2D eigenvalue weighted by Crippen LogP contribution is -2.43. The van der Waals surface area contributed by atoms with Gasteiger partial charge in [0, 0.05) is 5.57 Å². The maximum absolute atomic E-state index is 11.5. The predicted octanol–water partition coefficient (Wildman–Crippen LogP) is 3.22. The molecule has 0 aromatic carbocycles. The number of aliphatic hydroxyl groups excluding tert-OH is 2. The largest absolute Gasteiger partial charge is 0.478 e. The highest BCUT2D eigenvalue weighted by Gasteiger charge is 2.28. The summed E-state index contributed by atoms with van der Waals surface area (Å²) in [5.74, 6) is -0.946. The van der Waals surface area contributed by atoms with Crippen LogP contribution >= 0.6 is 0 Å². The highest BCUT2D eigenvalue weighted by atomic mass is 28.4. The molecular formula is C17H38O6Si3. The predicted molar refractivity (Wildman–Crippen MR) is 113 cm³/mol. The third kappa shape index (κ3) is 12.2. The first-order chi connectivity index (χ1) is 11.8. The van der Waals surface area contributed by atoms with Crippen LogP contribution in [0.15, 0.2) is 11.1 Å². The van der Waals surface area contributed by atoms with Crippen LogP contribution in [0.3, 0.4) is 0 Å². The molecule has 0 aliphatic rings. The maximum atomic E-state index is 11.5. The van der Waals surface area contributed by atoms with Gasteiger partial charge in [0.25, 0.3) is 0 Å². The van der Waals surface area contributed by atoms with E-state index in [1.807, 2.05) is 0 Å². The lowest BCUT2D eigenvalue weighted by atomic mass is 9.96. The van der Waals surface area contributed by atoms with Gasteiger partial charge in [-0.3, -0.25) is 0 Å². The second-order valence-electron chi connectivity index (χ2n) is 8.56. The fraction of sp³-hybridized carbons (Fsp3) is 0.824. The first-order valence-corrected chi connectivity index (χ1v) is 18.0. The minimum absolute atomic E-state index is 0.196. The van der Waals surface area contributed by atoms with Gasteiger partial charge in [-0.05, 0) is 71.0 Å². The second kappa shape index (κ2) is 11.5. The molecule has 0 heterocycles. The average Bonchev–Trinajstić information content (AvgIpc) is 2.43. The minimum Gasteiger partial charge on any atom is -0.478 e. The van der Waals surface area contributed by atoms with Gasteiger partial charge in [0.1, 0.15) is 0 Å². The zero-order valence-electron chi connectivity index (χ0n) is 17.5. The molecule has 26 heavy (non-hydrogen) atoms. The number of hydrogen-bond donors (Lipinski definition) is 3. The molecule has 6 nitrogen and oxygen atoms in total. The van der Waals surface area contributed by atoms with Crippen molar-refractivity contribution in [2.45, 2.75) is 84.0 Å². The summed E-state index contributed by atoms with van der Waals surface area (Å²) >= 11 is 0. The van der Waals surface area contributed by atoms with Crippen molar-refractivity contribution < 1.29 is 28.3 Å². The van der Waals surface area contributed by atoms with E-state index in [0.717, 1.165) is 18.0 Å². The lowest BCUT2D eigenvalue weighted by Gasteiger charge is -2.30. The molecule has 0 fully saturated rings. The van der Waals surface area contributed by atoms with E-state index in [-0.39, 0.29) is 13.0 Å². The van der Waals surface area contributed by atoms with Gasteiger partial charge in [0.05, 0.1) is 12.7 Å². The normalized spacial score (nSPS) is 15.2. The minimum atomic E-state index is -1.81. The van der Waals surface area contributed by atoms with Gasteiger partial charge >= 0.3 is 15.3 Å². The zero-order chi connectivity index (χ0) is 20.5. The number of carboxylic acid groups (broad SMARTS) is 1. The van der Waals surface area contributed by atoms with Crippen LogP contribution in [0.1, 0.15) is 32.6 Å². The van der Waals surface area contributed by atoms with Crippen molar-refractivity contribution in [1.29, 1.82) is 0 Å². The van der Waals surface area contributed by atoms with Gasteiger partial charge in [-0.25, -0.2) is 4.79 Å². The number of aliphatic carboxylic acids is 1. The summed E-state index contributed by atoms with van der Waals surface area (Å²) in [7, 11) is -5.20. The fourth-order valence-corrected chi connectivity index (χ4v) is 11.1. The molecule has 154 valence electrons. The number of carbonyl (C=O) groups is 1.